The Morgan fingerprint density at radius 3 is 2.78 bits per heavy atom. The number of benzene rings is 1. The second kappa shape index (κ2) is 14.5. The molecule has 0 aliphatic carbocycles. The Balaban J connectivity index is 1.05. The van der Waals surface area contributed by atoms with Gasteiger partial charge in [0.25, 0.3) is 0 Å². The average Bonchev–Trinajstić information content (AvgIpc) is 3.50. The van der Waals surface area contributed by atoms with Crippen molar-refractivity contribution in [2.24, 2.45) is 0 Å². The number of likely N-dealkylation sites (N-methyl/N-ethyl adjacent to an activating group) is 1. The monoisotopic (exact) mass is 622 g/mol. The van der Waals surface area contributed by atoms with Gasteiger partial charge in [0.1, 0.15) is 17.8 Å². The molecule has 2 aliphatic heterocycles. The molecule has 238 valence electrons. The predicted molar refractivity (Wildman–Crippen MR) is 175 cm³/mol. The van der Waals surface area contributed by atoms with Gasteiger partial charge >= 0.3 is 17.8 Å². The number of rotatable bonds is 10. The number of nitrogens with one attached hydrogen (secondary N) is 3. The Hall–Kier alpha value is -4.83. The van der Waals surface area contributed by atoms with E-state index < -0.39 is 0 Å². The van der Waals surface area contributed by atoms with E-state index in [2.05, 4.69) is 52.6 Å². The zero-order valence-corrected chi connectivity index (χ0v) is 26.3. The minimum absolute atomic E-state index is 0.0634. The highest BCUT2D eigenvalue weighted by Gasteiger charge is 2.24. The summed E-state index contributed by atoms with van der Waals surface area (Å²) in [5.41, 5.74) is 4.60. The molecule has 4 aromatic rings. The number of hydrogen-bond acceptors (Lipinski definition) is 8. The van der Waals surface area contributed by atoms with Gasteiger partial charge in [0.15, 0.2) is 0 Å². The quantitative estimate of drug-likeness (QED) is 0.228. The van der Waals surface area contributed by atoms with Crippen LogP contribution in [0.3, 0.4) is 0 Å². The minimum atomic E-state index is -0.296. The molecule has 1 atom stereocenters. The number of H-pyrrole nitrogens is 1. The highest BCUT2D eigenvalue weighted by atomic mass is 16.5. The predicted octanol–water partition coefficient (Wildman–Crippen LogP) is 2.31. The first-order valence-electron chi connectivity index (χ1n) is 15.7. The number of likely N-dealkylation sites (tertiary alicyclic amines) is 1. The maximum Gasteiger partial charge on any atom is 0.405 e. The van der Waals surface area contributed by atoms with Gasteiger partial charge in [-0.05, 0) is 67.8 Å². The summed E-state index contributed by atoms with van der Waals surface area (Å²) in [6.45, 7) is 6.01. The van der Waals surface area contributed by atoms with Crippen LogP contribution in [0.2, 0.25) is 0 Å². The van der Waals surface area contributed by atoms with E-state index in [1.54, 1.807) is 12.4 Å². The maximum atomic E-state index is 13.1. The molecule has 12 nitrogen and oxygen atoms in total. The summed E-state index contributed by atoms with van der Waals surface area (Å²) in [6.07, 6.45) is 9.88. The van der Waals surface area contributed by atoms with Crippen LogP contribution in [0.5, 0.6) is 0 Å². The van der Waals surface area contributed by atoms with Gasteiger partial charge in [-0.15, -0.1) is 0 Å². The summed E-state index contributed by atoms with van der Waals surface area (Å²) in [5, 5.41) is 7.04. The van der Waals surface area contributed by atoms with E-state index in [1.165, 1.54) is 0 Å². The lowest BCUT2D eigenvalue weighted by Gasteiger charge is -2.32. The first-order valence-corrected chi connectivity index (χ1v) is 15.7. The summed E-state index contributed by atoms with van der Waals surface area (Å²) in [7, 11) is 3.93. The highest BCUT2D eigenvalue weighted by Crippen LogP contribution is 2.29. The molecule has 0 spiro atoms. The van der Waals surface area contributed by atoms with Gasteiger partial charge in [0.2, 0.25) is 5.91 Å². The van der Waals surface area contributed by atoms with Crippen LogP contribution in [0.1, 0.15) is 28.9 Å². The van der Waals surface area contributed by atoms with Crippen molar-refractivity contribution in [3.8, 4) is 11.3 Å². The number of carbonyl (C=O) groups is 2. The number of hydrogen-bond donors (Lipinski definition) is 3. The lowest BCUT2D eigenvalue weighted by Crippen LogP contribution is -2.47. The number of carbonyl (C=O) groups excluding carboxylic acids is 2. The average molecular weight is 623 g/mol. The van der Waals surface area contributed by atoms with E-state index in [4.69, 9.17) is 4.74 Å². The summed E-state index contributed by atoms with van der Waals surface area (Å²) in [4.78, 5) is 48.5. The van der Waals surface area contributed by atoms with Crippen LogP contribution in [0.15, 0.2) is 60.9 Å². The van der Waals surface area contributed by atoms with Crippen LogP contribution in [0.25, 0.3) is 22.3 Å². The normalized spacial score (nSPS) is 17.4. The van der Waals surface area contributed by atoms with E-state index >= 15 is 0 Å². The van der Waals surface area contributed by atoms with Crippen molar-refractivity contribution in [1.29, 1.82) is 0 Å². The van der Waals surface area contributed by atoms with Gasteiger partial charge in [-0.25, -0.2) is 9.97 Å². The minimum Gasteiger partial charge on any atom is -0.378 e. The Kier molecular flexibility index (Phi) is 9.83. The Morgan fingerprint density at radius 1 is 1.15 bits per heavy atom. The van der Waals surface area contributed by atoms with Crippen molar-refractivity contribution in [1.82, 2.24) is 30.1 Å². The van der Waals surface area contributed by atoms with Crippen molar-refractivity contribution in [2.45, 2.75) is 25.4 Å². The molecule has 1 aromatic carbocycles. The van der Waals surface area contributed by atoms with Crippen molar-refractivity contribution in [3.05, 3.63) is 78.4 Å². The third-order valence-corrected chi connectivity index (χ3v) is 8.16. The van der Waals surface area contributed by atoms with Gasteiger partial charge in [0.05, 0.1) is 24.7 Å². The lowest BCUT2D eigenvalue weighted by atomic mass is 10.0. The standard InChI is InChI=1S/C34H39N9O3/c1-41(2)13-4-6-31(44)38-27-5-3-14-42(22-27)21-24-11-12-35-30(19-24)34(45)39-26-9-7-25(8-10-26)29-20-28-32(40-29)36-23-37-33(28)43-15-17-46-18-16-43/h4,6-11,19-20,23,27H,3,5,13-18,21-22H2,1-2H3,(H2,38,44,45)/p+1/b6-4+. The fraction of sp³-hybridized carbons (Fsp3) is 0.382. The molecule has 5 heterocycles. The third kappa shape index (κ3) is 7.87. The lowest BCUT2D eigenvalue weighted by molar-refractivity contribution is -0.298. The number of fused-ring (bicyclic) bond motifs is 1. The van der Waals surface area contributed by atoms with Crippen LogP contribution in [0.4, 0.5) is 11.5 Å². The molecule has 12 heteroatoms. The first kappa shape index (κ1) is 31.2. The molecule has 2 saturated heterocycles. The molecule has 6 rings (SSSR count). The zero-order valence-electron chi connectivity index (χ0n) is 26.3. The van der Waals surface area contributed by atoms with Gasteiger partial charge in [-0.3, -0.25) is 14.5 Å². The Morgan fingerprint density at radius 2 is 1.98 bits per heavy atom. The van der Waals surface area contributed by atoms with E-state index in [1.807, 2.05) is 61.5 Å². The number of piperidine rings is 1. The summed E-state index contributed by atoms with van der Waals surface area (Å²) in [5.74, 6) is 0.545. The summed E-state index contributed by atoms with van der Waals surface area (Å²) >= 11 is 0. The number of nitrogens with zero attached hydrogens (tertiary/aromatic N) is 6. The van der Waals surface area contributed by atoms with Crippen molar-refractivity contribution in [3.63, 3.8) is 0 Å². The van der Waals surface area contributed by atoms with E-state index in [0.29, 0.717) is 31.1 Å². The summed E-state index contributed by atoms with van der Waals surface area (Å²) in [6, 6.07) is 13.4. The molecule has 1 unspecified atom stereocenters. The van der Waals surface area contributed by atoms with Crippen LogP contribution < -0.4 is 20.5 Å². The van der Waals surface area contributed by atoms with Gasteiger partial charge in [-0.1, -0.05) is 18.2 Å². The topological polar surface area (TPSA) is 133 Å². The molecule has 0 radical (unpaired) electrons. The van der Waals surface area contributed by atoms with Gasteiger partial charge in [-0.2, -0.15) is 0 Å². The molecule has 3 aromatic heterocycles. The Bertz CT molecular complexity index is 1680. The number of morpholine rings is 1. The first-order chi connectivity index (χ1) is 22.4. The molecule has 46 heavy (non-hydrogen) atoms. The van der Waals surface area contributed by atoms with E-state index in [0.717, 1.165) is 79.2 Å². The smallest absolute Gasteiger partial charge is 0.378 e. The second-order valence-electron chi connectivity index (χ2n) is 12.0. The number of anilines is 2. The molecular weight excluding hydrogens is 582 g/mol. The SMILES string of the molecule is CN(C)C/C=C/C(=O)NC1CCCN(Cc2cc#[n+]c(C(=O)Nc3ccc(-c4cc5c(N6CCOCC6)ncnc5[nH]4)cc3)c2)C1. The van der Waals surface area contributed by atoms with Gasteiger partial charge < -0.3 is 30.2 Å². The molecule has 2 amide bonds. The summed E-state index contributed by atoms with van der Waals surface area (Å²) < 4.78 is 5.49. The number of aromatic amines is 1. The fourth-order valence-corrected chi connectivity index (χ4v) is 5.87. The second-order valence-corrected chi connectivity index (χ2v) is 12.0. The third-order valence-electron chi connectivity index (χ3n) is 8.16. The number of aromatic nitrogens is 4. The molecular formula is C34H40N9O3+. The van der Waals surface area contributed by atoms with Crippen molar-refractivity contribution < 1.29 is 19.3 Å². The van der Waals surface area contributed by atoms with Crippen LogP contribution in [-0.4, -0.2) is 103 Å². The van der Waals surface area contributed by atoms with E-state index in [-0.39, 0.29) is 17.9 Å². The van der Waals surface area contributed by atoms with Crippen LogP contribution in [-0.2, 0) is 16.1 Å². The van der Waals surface area contributed by atoms with Crippen LogP contribution >= 0.6 is 0 Å². The van der Waals surface area contributed by atoms with Crippen molar-refractivity contribution >= 4 is 34.4 Å². The van der Waals surface area contributed by atoms with E-state index in [9.17, 15) is 9.59 Å². The molecule has 2 fully saturated rings. The molecule has 0 saturated carbocycles. The molecule has 2 aliphatic rings. The Labute approximate surface area is 268 Å². The zero-order chi connectivity index (χ0) is 31.9. The van der Waals surface area contributed by atoms with Crippen LogP contribution in [0, 0.1) is 6.20 Å². The molecule has 0 bridgehead atoms. The number of ether oxygens (including phenoxy) is 1. The fourth-order valence-electron chi connectivity index (χ4n) is 5.87. The van der Waals surface area contributed by atoms with Gasteiger partial charge in [0, 0.05) is 62.3 Å². The number of amides is 2. The van der Waals surface area contributed by atoms with Crippen molar-refractivity contribution in [2.75, 3.05) is 70.2 Å². The highest BCUT2D eigenvalue weighted by molar-refractivity contribution is 6.02. The maximum absolute atomic E-state index is 13.1. The molecule has 3 N–H and O–H groups in total. The largest absolute Gasteiger partial charge is 0.405 e.